The van der Waals surface area contributed by atoms with Gasteiger partial charge in [0.25, 0.3) is 23.6 Å². The number of thioether (sulfide) groups is 2. The number of ether oxygens (including phenoxy) is 2. The van der Waals surface area contributed by atoms with E-state index in [4.69, 9.17) is 20.9 Å². The molecular weight excluding hydrogens is 749 g/mol. The number of benzene rings is 2. The van der Waals surface area contributed by atoms with Crippen molar-refractivity contribution >= 4 is 70.6 Å². The third kappa shape index (κ3) is 10.7. The Morgan fingerprint density at radius 2 is 1.00 bits per heavy atom. The van der Waals surface area contributed by atoms with Gasteiger partial charge in [0.05, 0.1) is 33.9 Å². The zero-order chi connectivity index (χ0) is 40.1. The normalized spacial score (nSPS) is 15.6. The van der Waals surface area contributed by atoms with Crippen LogP contribution in [-0.4, -0.2) is 138 Å². The molecular formula is C37H48N8O8S2. The highest BCUT2D eigenvalue weighted by Gasteiger charge is 2.44. The Kier molecular flexibility index (Phi) is 15.8. The lowest BCUT2D eigenvalue weighted by Crippen LogP contribution is -2.52. The van der Waals surface area contributed by atoms with E-state index in [0.29, 0.717) is 36.3 Å². The Labute approximate surface area is 328 Å². The van der Waals surface area contributed by atoms with Crippen LogP contribution in [0.2, 0.25) is 0 Å². The van der Waals surface area contributed by atoms with Crippen molar-refractivity contribution in [2.45, 2.75) is 44.6 Å². The summed E-state index contributed by atoms with van der Waals surface area (Å²) in [6.45, 7) is 4.23. The summed E-state index contributed by atoms with van der Waals surface area (Å²) in [6.07, 6.45) is 0.264. The largest absolute Gasteiger partial charge is 0.388 e. The van der Waals surface area contributed by atoms with E-state index in [9.17, 15) is 28.8 Å². The zero-order valence-electron chi connectivity index (χ0n) is 31.4. The summed E-state index contributed by atoms with van der Waals surface area (Å²) in [5, 5.41) is 5.66. The zero-order valence-corrected chi connectivity index (χ0v) is 33.0. The molecule has 2 atom stereocenters. The summed E-state index contributed by atoms with van der Waals surface area (Å²) >= 11 is 2.72. The van der Waals surface area contributed by atoms with Crippen LogP contribution in [0.25, 0.3) is 0 Å². The second kappa shape index (κ2) is 20.2. The first-order valence-corrected chi connectivity index (χ1v) is 19.9. The molecule has 2 unspecified atom stereocenters. The number of imide groups is 2. The van der Waals surface area contributed by atoms with Crippen LogP contribution in [0.5, 0.6) is 0 Å². The maximum Gasteiger partial charge on any atom is 0.262 e. The van der Waals surface area contributed by atoms with Crippen LogP contribution in [0.15, 0.2) is 58.5 Å². The molecule has 0 saturated heterocycles. The van der Waals surface area contributed by atoms with Gasteiger partial charge in [0, 0.05) is 76.3 Å². The van der Waals surface area contributed by atoms with Gasteiger partial charge in [-0.05, 0) is 38.1 Å². The minimum Gasteiger partial charge on any atom is -0.388 e. The average molecular weight is 797 g/mol. The number of hydrogen-bond donors (Lipinski definition) is 4. The van der Waals surface area contributed by atoms with E-state index in [1.807, 2.05) is 0 Å². The molecule has 18 heteroatoms. The van der Waals surface area contributed by atoms with Crippen LogP contribution in [-0.2, 0) is 19.1 Å². The molecule has 296 valence electrons. The van der Waals surface area contributed by atoms with Crippen molar-refractivity contribution in [3.8, 4) is 0 Å². The fourth-order valence-electron chi connectivity index (χ4n) is 6.08. The molecule has 4 rings (SSSR count). The lowest BCUT2D eigenvalue weighted by atomic mass is 10.1. The molecule has 16 nitrogen and oxygen atoms in total. The number of rotatable bonds is 22. The number of methoxy groups -OCH3 is 2. The third-order valence-electron chi connectivity index (χ3n) is 8.98. The quantitative estimate of drug-likeness (QED) is 0.0438. The summed E-state index contributed by atoms with van der Waals surface area (Å²) in [5.74, 6) is -2.39. The van der Waals surface area contributed by atoms with E-state index in [2.05, 4.69) is 20.6 Å². The van der Waals surface area contributed by atoms with Crippen LogP contribution in [0.4, 0.5) is 0 Å². The van der Waals surface area contributed by atoms with Crippen molar-refractivity contribution in [1.29, 1.82) is 0 Å². The van der Waals surface area contributed by atoms with Crippen molar-refractivity contribution in [1.82, 2.24) is 20.4 Å². The van der Waals surface area contributed by atoms with Gasteiger partial charge in [0.15, 0.2) is 5.79 Å². The molecule has 0 bridgehead atoms. The molecule has 0 radical (unpaired) electrons. The number of amidine groups is 2. The number of carbonyl (C=O) groups excluding carboxylic acids is 6. The summed E-state index contributed by atoms with van der Waals surface area (Å²) in [6, 6.07) is 10.6. The predicted molar refractivity (Wildman–Crippen MR) is 212 cm³/mol. The van der Waals surface area contributed by atoms with Gasteiger partial charge in [-0.15, -0.1) is 0 Å². The van der Waals surface area contributed by atoms with Gasteiger partial charge in [-0.2, -0.15) is 23.5 Å². The Morgan fingerprint density at radius 3 is 1.29 bits per heavy atom. The number of nitrogens with zero attached hydrogens (tertiary/aromatic N) is 4. The van der Waals surface area contributed by atoms with Crippen LogP contribution < -0.4 is 22.1 Å². The number of aliphatic imine (C=N–C) groups is 2. The van der Waals surface area contributed by atoms with Crippen LogP contribution in [0.3, 0.4) is 0 Å². The van der Waals surface area contributed by atoms with Crippen molar-refractivity contribution in [3.63, 3.8) is 0 Å². The molecule has 2 heterocycles. The molecule has 2 aromatic carbocycles. The molecule has 6 amide bonds. The van der Waals surface area contributed by atoms with Crippen molar-refractivity contribution in [2.75, 3.05) is 63.4 Å². The summed E-state index contributed by atoms with van der Waals surface area (Å²) in [7, 11) is 2.86. The minimum atomic E-state index is -1.27. The Bertz CT molecular complexity index is 1610. The van der Waals surface area contributed by atoms with Gasteiger partial charge in [0.2, 0.25) is 11.8 Å². The number of hydrogen-bond acceptors (Lipinski definition) is 12. The van der Waals surface area contributed by atoms with E-state index in [1.54, 1.807) is 62.4 Å². The second-order valence-corrected chi connectivity index (χ2v) is 15.0. The average Bonchev–Trinajstić information content (AvgIpc) is 3.57. The maximum absolute atomic E-state index is 13.7. The first kappa shape index (κ1) is 43.0. The Morgan fingerprint density at radius 1 is 0.673 bits per heavy atom. The third-order valence-corrected chi connectivity index (χ3v) is 11.0. The molecule has 0 fully saturated rings. The lowest BCUT2D eigenvalue weighted by Gasteiger charge is -2.32. The minimum absolute atomic E-state index is 0.0362. The number of carbonyl (C=O) groups is 6. The fraction of sp³-hybridized carbons (Fsp3) is 0.459. The Balaban J connectivity index is 1.39. The highest BCUT2D eigenvalue weighted by Crippen LogP contribution is 2.28. The van der Waals surface area contributed by atoms with E-state index in [-0.39, 0.29) is 59.7 Å². The first-order valence-electron chi connectivity index (χ1n) is 17.6. The topological polar surface area (TPSA) is 228 Å². The smallest absolute Gasteiger partial charge is 0.262 e. The van der Waals surface area contributed by atoms with Crippen LogP contribution in [0.1, 0.15) is 68.1 Å². The number of nitrogens with two attached hydrogens (primary N) is 2. The summed E-state index contributed by atoms with van der Waals surface area (Å²) < 4.78 is 11.5. The van der Waals surface area contributed by atoms with Crippen LogP contribution >= 0.6 is 23.5 Å². The van der Waals surface area contributed by atoms with E-state index in [0.717, 1.165) is 9.80 Å². The van der Waals surface area contributed by atoms with E-state index >= 15 is 0 Å². The molecule has 55 heavy (non-hydrogen) atoms. The molecule has 2 aromatic rings. The summed E-state index contributed by atoms with van der Waals surface area (Å²) in [5.41, 5.74) is 12.2. The number of nitrogens with one attached hydrogen (secondary N) is 2. The molecule has 6 N–H and O–H groups in total. The van der Waals surface area contributed by atoms with Gasteiger partial charge >= 0.3 is 0 Å². The molecule has 0 aromatic heterocycles. The number of fused-ring (bicyclic) bond motifs is 2. The lowest BCUT2D eigenvalue weighted by molar-refractivity contribution is -0.213. The van der Waals surface area contributed by atoms with Crippen molar-refractivity contribution in [2.24, 2.45) is 21.5 Å². The van der Waals surface area contributed by atoms with Gasteiger partial charge < -0.3 is 31.6 Å². The molecule has 0 aliphatic carbocycles. The van der Waals surface area contributed by atoms with Crippen LogP contribution in [0, 0.1) is 0 Å². The highest BCUT2D eigenvalue weighted by atomic mass is 32.2. The van der Waals surface area contributed by atoms with Gasteiger partial charge in [0.1, 0.15) is 12.1 Å². The summed E-state index contributed by atoms with van der Waals surface area (Å²) in [4.78, 5) is 90.9. The van der Waals surface area contributed by atoms with Gasteiger partial charge in [-0.25, -0.2) is 0 Å². The van der Waals surface area contributed by atoms with Gasteiger partial charge in [-0.1, -0.05) is 24.3 Å². The molecule has 0 saturated carbocycles. The number of amides is 6. The fourth-order valence-corrected chi connectivity index (χ4v) is 7.91. The maximum atomic E-state index is 13.7. The molecule has 2 aliphatic rings. The van der Waals surface area contributed by atoms with Gasteiger partial charge in [-0.3, -0.25) is 48.6 Å². The van der Waals surface area contributed by atoms with Crippen molar-refractivity contribution < 1.29 is 38.2 Å². The highest BCUT2D eigenvalue weighted by molar-refractivity contribution is 7.99. The Hall–Kier alpha value is -4.78. The monoisotopic (exact) mass is 796 g/mol. The SMILES string of the molecule is COC(CCNC(=O)C(CSCCN=C(C)N)N1C(=O)c2ccccc2C1=O)(CCNC(=O)C(CSCCN=C(C)N)N1C(=O)c2ccccc2C1=O)OC. The predicted octanol–water partition coefficient (Wildman–Crippen LogP) is 1.54. The van der Waals surface area contributed by atoms with E-state index in [1.165, 1.54) is 37.7 Å². The molecule has 0 spiro atoms. The second-order valence-electron chi connectivity index (χ2n) is 12.7. The first-order chi connectivity index (χ1) is 26.4. The van der Waals surface area contributed by atoms with Crippen molar-refractivity contribution in [3.05, 3.63) is 70.8 Å². The standard InChI is InChI=1S/C37H48N8O8S2/c1-23(38)40-17-19-54-21-29(44-33(48)25-9-5-6-10-26(25)34(44)49)31(46)42-15-13-37(52-3,53-4)14-16-43-32(47)30(22-55-20-18-41-24(2)39)45-35(50)27-11-7-8-12-28(27)36(45)51/h5-12,29-30H,13-22H2,1-4H3,(H2,38,40)(H2,39,41)(H,42,46)(H,43,47). The van der Waals surface area contributed by atoms with E-state index < -0.39 is 53.3 Å². The molecule has 2 aliphatic heterocycles.